The smallest absolute Gasteiger partial charge is 0.0693 e. The Morgan fingerprint density at radius 2 is 1.89 bits per heavy atom. The summed E-state index contributed by atoms with van der Waals surface area (Å²) < 4.78 is 0. The fraction of sp³-hybridized carbons (Fsp3) is 0.600. The predicted octanol–water partition coefficient (Wildman–Crippen LogP) is 3.19. The summed E-state index contributed by atoms with van der Waals surface area (Å²) in [5.41, 5.74) is 1.30. The van der Waals surface area contributed by atoms with Crippen molar-refractivity contribution in [2.45, 2.75) is 55.7 Å². The molecule has 18 heavy (non-hydrogen) atoms. The average Bonchev–Trinajstić information content (AvgIpc) is 2.62. The van der Waals surface area contributed by atoms with Crippen LogP contribution >= 0.6 is 11.8 Å². The summed E-state index contributed by atoms with van der Waals surface area (Å²) in [5.74, 6) is 0. The van der Waals surface area contributed by atoms with E-state index in [-0.39, 0.29) is 12.1 Å². The van der Waals surface area contributed by atoms with Crippen LogP contribution in [0.5, 0.6) is 0 Å². The Labute approximate surface area is 114 Å². The van der Waals surface area contributed by atoms with Crippen LogP contribution in [0.4, 0.5) is 0 Å². The molecule has 0 aromatic heterocycles. The molecule has 0 bridgehead atoms. The zero-order valence-corrected chi connectivity index (χ0v) is 11.9. The van der Waals surface area contributed by atoms with Crippen LogP contribution in [0, 0.1) is 0 Å². The molecule has 1 fully saturated rings. The van der Waals surface area contributed by atoms with Crippen LogP contribution in [-0.4, -0.2) is 23.5 Å². The van der Waals surface area contributed by atoms with Gasteiger partial charge in [-0.25, -0.2) is 0 Å². The molecule has 2 rings (SSSR count). The molecule has 0 heterocycles. The second kappa shape index (κ2) is 7.17. The number of aliphatic hydroxyl groups is 1. The van der Waals surface area contributed by atoms with Gasteiger partial charge in [0, 0.05) is 17.5 Å². The van der Waals surface area contributed by atoms with E-state index in [1.54, 1.807) is 11.8 Å². The minimum Gasteiger partial charge on any atom is -0.392 e. The highest BCUT2D eigenvalue weighted by Crippen LogP contribution is 2.19. The average molecular weight is 265 g/mol. The number of hydrogen-bond acceptors (Lipinski definition) is 3. The van der Waals surface area contributed by atoms with Gasteiger partial charge in [-0.15, -0.1) is 11.8 Å². The second-order valence-corrected chi connectivity index (χ2v) is 5.92. The molecular formula is C15H23NOS. The predicted molar refractivity (Wildman–Crippen MR) is 77.9 cm³/mol. The SMILES string of the molecule is CSc1ccc(CNC2CCCCCC2O)cc1. The maximum absolute atomic E-state index is 10.0. The van der Waals surface area contributed by atoms with E-state index in [0.29, 0.717) is 0 Å². The zero-order valence-electron chi connectivity index (χ0n) is 11.1. The lowest BCUT2D eigenvalue weighted by Gasteiger charge is -2.21. The molecule has 2 unspecified atom stereocenters. The monoisotopic (exact) mass is 265 g/mol. The van der Waals surface area contributed by atoms with Crippen molar-refractivity contribution < 1.29 is 5.11 Å². The highest BCUT2D eigenvalue weighted by atomic mass is 32.2. The third-order valence-electron chi connectivity index (χ3n) is 3.71. The largest absolute Gasteiger partial charge is 0.392 e. The molecule has 1 aromatic carbocycles. The Hall–Kier alpha value is -0.510. The van der Waals surface area contributed by atoms with E-state index in [1.165, 1.54) is 29.7 Å². The summed E-state index contributed by atoms with van der Waals surface area (Å²) in [6.45, 7) is 0.858. The summed E-state index contributed by atoms with van der Waals surface area (Å²) in [5, 5.41) is 13.6. The van der Waals surface area contributed by atoms with E-state index >= 15 is 0 Å². The van der Waals surface area contributed by atoms with Crippen molar-refractivity contribution in [3.8, 4) is 0 Å². The lowest BCUT2D eigenvalue weighted by atomic mass is 10.1. The van der Waals surface area contributed by atoms with Gasteiger partial charge in [0.15, 0.2) is 0 Å². The van der Waals surface area contributed by atoms with E-state index < -0.39 is 0 Å². The standard InChI is InChI=1S/C15H23NOS/c1-18-13-9-7-12(8-10-13)11-16-14-5-3-2-4-6-15(14)17/h7-10,14-17H,2-6,11H2,1H3. The minimum absolute atomic E-state index is 0.169. The van der Waals surface area contributed by atoms with Gasteiger partial charge >= 0.3 is 0 Å². The first kappa shape index (κ1) is 13.9. The van der Waals surface area contributed by atoms with Gasteiger partial charge in [0.05, 0.1) is 6.10 Å². The van der Waals surface area contributed by atoms with Gasteiger partial charge in [0.2, 0.25) is 0 Å². The highest BCUT2D eigenvalue weighted by molar-refractivity contribution is 7.98. The Kier molecular flexibility index (Phi) is 5.54. The number of hydrogen-bond donors (Lipinski definition) is 2. The highest BCUT2D eigenvalue weighted by Gasteiger charge is 2.20. The van der Waals surface area contributed by atoms with E-state index in [2.05, 4.69) is 35.8 Å². The normalized spacial score (nSPS) is 24.8. The van der Waals surface area contributed by atoms with Crippen LogP contribution in [0.1, 0.15) is 37.7 Å². The second-order valence-electron chi connectivity index (χ2n) is 5.04. The van der Waals surface area contributed by atoms with Gasteiger partial charge in [-0.05, 0) is 36.8 Å². The van der Waals surface area contributed by atoms with Gasteiger partial charge in [-0.3, -0.25) is 0 Å². The third-order valence-corrected chi connectivity index (χ3v) is 4.45. The Balaban J connectivity index is 1.85. The van der Waals surface area contributed by atoms with Gasteiger partial charge in [-0.1, -0.05) is 31.4 Å². The number of benzene rings is 1. The van der Waals surface area contributed by atoms with Gasteiger partial charge < -0.3 is 10.4 Å². The number of thioether (sulfide) groups is 1. The van der Waals surface area contributed by atoms with E-state index in [1.807, 2.05) is 0 Å². The van der Waals surface area contributed by atoms with Gasteiger partial charge in [0.25, 0.3) is 0 Å². The van der Waals surface area contributed by atoms with Crippen molar-refractivity contribution >= 4 is 11.8 Å². The summed E-state index contributed by atoms with van der Waals surface area (Å²) in [4.78, 5) is 1.30. The molecule has 0 spiro atoms. The third kappa shape index (κ3) is 4.01. The molecule has 1 saturated carbocycles. The molecule has 0 aliphatic heterocycles. The van der Waals surface area contributed by atoms with Crippen molar-refractivity contribution in [1.29, 1.82) is 0 Å². The molecule has 0 saturated heterocycles. The zero-order chi connectivity index (χ0) is 12.8. The maximum atomic E-state index is 10.0. The Morgan fingerprint density at radius 3 is 2.61 bits per heavy atom. The fourth-order valence-corrected chi connectivity index (χ4v) is 2.93. The molecule has 2 atom stereocenters. The van der Waals surface area contributed by atoms with Crippen LogP contribution in [0.2, 0.25) is 0 Å². The van der Waals surface area contributed by atoms with Gasteiger partial charge in [-0.2, -0.15) is 0 Å². The Morgan fingerprint density at radius 1 is 1.17 bits per heavy atom. The molecule has 1 aliphatic carbocycles. The molecular weight excluding hydrogens is 242 g/mol. The van der Waals surface area contributed by atoms with Crippen LogP contribution in [0.15, 0.2) is 29.2 Å². The lowest BCUT2D eigenvalue weighted by molar-refractivity contribution is 0.119. The van der Waals surface area contributed by atoms with Gasteiger partial charge in [0.1, 0.15) is 0 Å². The van der Waals surface area contributed by atoms with E-state index in [0.717, 1.165) is 19.4 Å². The fourth-order valence-electron chi connectivity index (χ4n) is 2.52. The molecule has 2 nitrogen and oxygen atoms in total. The first-order valence-electron chi connectivity index (χ1n) is 6.84. The quantitative estimate of drug-likeness (QED) is 0.648. The first-order valence-corrected chi connectivity index (χ1v) is 8.06. The molecule has 0 radical (unpaired) electrons. The van der Waals surface area contributed by atoms with Crippen molar-refractivity contribution in [2.75, 3.05) is 6.26 Å². The van der Waals surface area contributed by atoms with Crippen LogP contribution in [0.25, 0.3) is 0 Å². The summed E-state index contributed by atoms with van der Waals surface area (Å²) in [6.07, 6.45) is 7.64. The molecule has 0 amide bonds. The summed E-state index contributed by atoms with van der Waals surface area (Å²) >= 11 is 1.77. The lowest BCUT2D eigenvalue weighted by Crippen LogP contribution is -2.38. The van der Waals surface area contributed by atoms with Crippen LogP contribution < -0.4 is 5.32 Å². The van der Waals surface area contributed by atoms with Crippen molar-refractivity contribution in [2.24, 2.45) is 0 Å². The summed E-state index contributed by atoms with van der Waals surface area (Å²) in [6, 6.07) is 8.92. The number of rotatable bonds is 4. The van der Waals surface area contributed by atoms with Crippen molar-refractivity contribution in [3.63, 3.8) is 0 Å². The van der Waals surface area contributed by atoms with Crippen molar-refractivity contribution in [1.82, 2.24) is 5.32 Å². The van der Waals surface area contributed by atoms with Crippen LogP contribution in [-0.2, 0) is 6.54 Å². The minimum atomic E-state index is -0.169. The maximum Gasteiger partial charge on any atom is 0.0693 e. The first-order chi connectivity index (χ1) is 8.79. The molecule has 2 N–H and O–H groups in total. The molecule has 1 aromatic rings. The molecule has 100 valence electrons. The topological polar surface area (TPSA) is 32.3 Å². The molecule has 3 heteroatoms. The number of aliphatic hydroxyl groups excluding tert-OH is 1. The van der Waals surface area contributed by atoms with E-state index in [9.17, 15) is 5.11 Å². The van der Waals surface area contributed by atoms with Crippen molar-refractivity contribution in [3.05, 3.63) is 29.8 Å². The molecule has 1 aliphatic rings. The number of nitrogens with one attached hydrogen (secondary N) is 1. The Bertz CT molecular complexity index is 352. The summed E-state index contributed by atoms with van der Waals surface area (Å²) in [7, 11) is 0. The van der Waals surface area contributed by atoms with Crippen LogP contribution in [0.3, 0.4) is 0 Å². The van der Waals surface area contributed by atoms with E-state index in [4.69, 9.17) is 0 Å².